The molecule has 0 fully saturated rings. The Kier molecular flexibility index (Phi) is 5.93. The van der Waals surface area contributed by atoms with E-state index in [1.54, 1.807) is 12.1 Å². The van der Waals surface area contributed by atoms with Crippen molar-refractivity contribution >= 4 is 34.2 Å². The van der Waals surface area contributed by atoms with Crippen LogP contribution in [0.1, 0.15) is 34.1 Å². The molecule has 2 amide bonds. The predicted octanol–water partition coefficient (Wildman–Crippen LogP) is 3.94. The molecule has 10 nitrogen and oxygen atoms in total. The zero-order valence-electron chi connectivity index (χ0n) is 18.2. The second-order valence-electron chi connectivity index (χ2n) is 7.35. The summed E-state index contributed by atoms with van der Waals surface area (Å²) in [6.45, 7) is 2.06. The molecule has 0 aliphatic carbocycles. The molecule has 2 heterocycles. The number of benzene rings is 2. The molecule has 4 rings (SSSR count). The third kappa shape index (κ3) is 3.74. The number of carbonyl (C=O) groups excluding carboxylic acids is 2. The molecule has 2 aromatic carbocycles. The Labute approximate surface area is 188 Å². The van der Waals surface area contributed by atoms with Gasteiger partial charge < -0.3 is 19.0 Å². The van der Waals surface area contributed by atoms with Crippen LogP contribution < -0.4 is 10.4 Å². The van der Waals surface area contributed by atoms with Gasteiger partial charge in [0.15, 0.2) is 5.75 Å². The van der Waals surface area contributed by atoms with E-state index in [2.05, 4.69) is 10.2 Å². The molecule has 1 N–H and O–H groups in total. The van der Waals surface area contributed by atoms with Crippen molar-refractivity contribution in [1.82, 2.24) is 4.90 Å². The number of nitrogens with zero attached hydrogens (tertiary/aromatic N) is 3. The van der Waals surface area contributed by atoms with E-state index in [1.807, 2.05) is 6.92 Å². The van der Waals surface area contributed by atoms with E-state index >= 15 is 0 Å². The molecule has 0 saturated heterocycles. The molecule has 1 aromatic heterocycles. The van der Waals surface area contributed by atoms with Crippen molar-refractivity contribution in [2.45, 2.75) is 19.4 Å². The van der Waals surface area contributed by atoms with Crippen molar-refractivity contribution in [2.24, 2.45) is 10.2 Å². The molecule has 170 valence electrons. The lowest BCUT2D eigenvalue weighted by atomic mass is 10.1. The maximum Gasteiger partial charge on any atom is 0.368 e. The molecule has 0 spiro atoms. The largest absolute Gasteiger partial charge is 0.505 e. The Morgan fingerprint density at radius 3 is 2.58 bits per heavy atom. The monoisotopic (exact) mass is 451 g/mol. The number of methoxy groups -OCH3 is 2. The summed E-state index contributed by atoms with van der Waals surface area (Å²) in [6, 6.07) is 8.74. The van der Waals surface area contributed by atoms with Crippen LogP contribution in [0.15, 0.2) is 55.8 Å². The van der Waals surface area contributed by atoms with Crippen molar-refractivity contribution < 1.29 is 28.6 Å². The van der Waals surface area contributed by atoms with Crippen LogP contribution in [0.4, 0.5) is 11.4 Å². The molecular formula is C23H21N3O7. The fourth-order valence-corrected chi connectivity index (χ4v) is 3.74. The molecule has 1 aliphatic rings. The minimum atomic E-state index is -0.917. The van der Waals surface area contributed by atoms with Crippen LogP contribution in [0.2, 0.25) is 0 Å². The van der Waals surface area contributed by atoms with Crippen LogP contribution in [-0.2, 0) is 4.74 Å². The number of rotatable bonds is 7. The van der Waals surface area contributed by atoms with Crippen LogP contribution >= 0.6 is 0 Å². The van der Waals surface area contributed by atoms with Crippen LogP contribution in [0.25, 0.3) is 11.0 Å². The lowest BCUT2D eigenvalue weighted by Gasteiger charge is -2.24. The third-order valence-electron chi connectivity index (χ3n) is 5.44. The van der Waals surface area contributed by atoms with Gasteiger partial charge in [0.1, 0.15) is 11.3 Å². The predicted molar refractivity (Wildman–Crippen MR) is 118 cm³/mol. The first-order chi connectivity index (χ1) is 15.9. The van der Waals surface area contributed by atoms with Crippen LogP contribution in [0, 0.1) is 0 Å². The average Bonchev–Trinajstić information content (AvgIpc) is 3.07. The number of hydrogen-bond donors (Lipinski definition) is 1. The Morgan fingerprint density at radius 2 is 1.88 bits per heavy atom. The SMILES string of the molecule is CCC(COC)N1C(=O)c2cccc(N=Nc3c(O)c4ccc(OC)cc4oc3=O)c2C1=O. The van der Waals surface area contributed by atoms with E-state index in [9.17, 15) is 19.5 Å². The van der Waals surface area contributed by atoms with Crippen molar-refractivity contribution in [3.63, 3.8) is 0 Å². The lowest BCUT2D eigenvalue weighted by Crippen LogP contribution is -2.42. The van der Waals surface area contributed by atoms with Gasteiger partial charge in [-0.25, -0.2) is 4.79 Å². The highest BCUT2D eigenvalue weighted by Gasteiger charge is 2.41. The summed E-state index contributed by atoms with van der Waals surface area (Å²) in [5.41, 5.74) is -0.863. The Morgan fingerprint density at radius 1 is 1.09 bits per heavy atom. The summed E-state index contributed by atoms with van der Waals surface area (Å²) in [5, 5.41) is 18.7. The quantitative estimate of drug-likeness (QED) is 0.327. The van der Waals surface area contributed by atoms with E-state index in [-0.39, 0.29) is 34.4 Å². The van der Waals surface area contributed by atoms with Gasteiger partial charge in [-0.3, -0.25) is 14.5 Å². The van der Waals surface area contributed by atoms with Crippen LogP contribution in [0.3, 0.4) is 0 Å². The van der Waals surface area contributed by atoms with Crippen molar-refractivity contribution in [3.05, 3.63) is 57.9 Å². The minimum Gasteiger partial charge on any atom is -0.505 e. The topological polar surface area (TPSA) is 131 Å². The molecule has 3 aromatic rings. The second kappa shape index (κ2) is 8.83. The number of fused-ring (bicyclic) bond motifs is 2. The number of imide groups is 1. The minimum absolute atomic E-state index is 0.0789. The summed E-state index contributed by atoms with van der Waals surface area (Å²) < 4.78 is 15.5. The maximum atomic E-state index is 13.1. The van der Waals surface area contributed by atoms with Gasteiger partial charge in [-0.2, -0.15) is 0 Å². The molecule has 0 bridgehead atoms. The molecule has 1 atom stereocenters. The van der Waals surface area contributed by atoms with Gasteiger partial charge in [0.2, 0.25) is 5.69 Å². The number of hydrogen-bond acceptors (Lipinski definition) is 9. The summed E-state index contributed by atoms with van der Waals surface area (Å²) in [7, 11) is 2.96. The fourth-order valence-electron chi connectivity index (χ4n) is 3.74. The van der Waals surface area contributed by atoms with Gasteiger partial charge in [0.05, 0.1) is 42.0 Å². The van der Waals surface area contributed by atoms with Gasteiger partial charge in [-0.1, -0.05) is 13.0 Å². The molecule has 10 heteroatoms. The van der Waals surface area contributed by atoms with Crippen molar-refractivity contribution in [2.75, 3.05) is 20.8 Å². The summed E-state index contributed by atoms with van der Waals surface area (Å²) in [6.07, 6.45) is 0.521. The first-order valence-electron chi connectivity index (χ1n) is 10.2. The van der Waals surface area contributed by atoms with Gasteiger partial charge in [-0.15, -0.1) is 10.2 Å². The second-order valence-corrected chi connectivity index (χ2v) is 7.35. The smallest absolute Gasteiger partial charge is 0.368 e. The highest BCUT2D eigenvalue weighted by Crippen LogP contribution is 2.36. The molecule has 1 unspecified atom stereocenters. The Hall–Kier alpha value is -4.05. The summed E-state index contributed by atoms with van der Waals surface area (Å²) >= 11 is 0. The van der Waals surface area contributed by atoms with Crippen molar-refractivity contribution in [3.8, 4) is 11.5 Å². The highest BCUT2D eigenvalue weighted by atomic mass is 16.5. The lowest BCUT2D eigenvalue weighted by molar-refractivity contribution is 0.0466. The number of aromatic hydroxyl groups is 1. The van der Waals surface area contributed by atoms with Gasteiger partial charge in [0, 0.05) is 13.2 Å². The maximum absolute atomic E-state index is 13.1. The zero-order valence-corrected chi connectivity index (χ0v) is 18.2. The summed E-state index contributed by atoms with van der Waals surface area (Å²) in [5.74, 6) is -0.936. The number of azo groups is 1. The van der Waals surface area contributed by atoms with E-state index in [4.69, 9.17) is 13.9 Å². The normalized spacial score (nSPS) is 14.3. The van der Waals surface area contributed by atoms with Crippen molar-refractivity contribution in [1.29, 1.82) is 0 Å². The Bertz CT molecular complexity index is 1350. The van der Waals surface area contributed by atoms with E-state index in [0.29, 0.717) is 12.2 Å². The molecule has 33 heavy (non-hydrogen) atoms. The first kappa shape index (κ1) is 22.2. The van der Waals surface area contributed by atoms with E-state index in [0.717, 1.165) is 4.90 Å². The van der Waals surface area contributed by atoms with Crippen LogP contribution in [0.5, 0.6) is 11.5 Å². The number of amides is 2. The fraction of sp³-hybridized carbons (Fsp3) is 0.261. The summed E-state index contributed by atoms with van der Waals surface area (Å²) in [4.78, 5) is 39.5. The van der Waals surface area contributed by atoms with Gasteiger partial charge in [-0.05, 0) is 30.7 Å². The molecule has 0 radical (unpaired) electrons. The number of ether oxygens (including phenoxy) is 2. The Balaban J connectivity index is 1.75. The average molecular weight is 451 g/mol. The van der Waals surface area contributed by atoms with Gasteiger partial charge in [0.25, 0.3) is 11.8 Å². The molecule has 0 saturated carbocycles. The van der Waals surface area contributed by atoms with Crippen LogP contribution in [-0.4, -0.2) is 48.7 Å². The molecular weight excluding hydrogens is 430 g/mol. The number of carbonyl (C=O) groups is 2. The zero-order chi connectivity index (χ0) is 23.7. The highest BCUT2D eigenvalue weighted by molar-refractivity contribution is 6.23. The van der Waals surface area contributed by atoms with Gasteiger partial charge >= 0.3 is 5.63 Å². The molecule has 1 aliphatic heterocycles. The first-order valence-corrected chi connectivity index (χ1v) is 10.2. The standard InChI is InChI=1S/C23H21N3O7/c1-4-12(11-31-2)26-21(28)15-6-5-7-16(18(15)22(26)29)24-25-19-20(27)14-9-8-13(32-3)10-17(14)33-23(19)30/h5-10,12,27H,4,11H2,1-3H3. The van der Waals surface area contributed by atoms with E-state index in [1.165, 1.54) is 38.5 Å². The van der Waals surface area contributed by atoms with E-state index < -0.39 is 34.9 Å². The third-order valence-corrected chi connectivity index (χ3v) is 5.44.